The highest BCUT2D eigenvalue weighted by Crippen LogP contribution is 2.37. The summed E-state index contributed by atoms with van der Waals surface area (Å²) in [5, 5.41) is 2.18. The van der Waals surface area contributed by atoms with Crippen molar-refractivity contribution in [2.75, 3.05) is 0 Å². The molecule has 2 heteroatoms. The fourth-order valence-corrected chi connectivity index (χ4v) is 2.74. The summed E-state index contributed by atoms with van der Waals surface area (Å²) in [6.07, 6.45) is 5.00. The molecular weight excluding hydrogens is 184 g/mol. The van der Waals surface area contributed by atoms with Crippen molar-refractivity contribution in [1.82, 2.24) is 0 Å². The van der Waals surface area contributed by atoms with E-state index in [1.807, 2.05) is 12.1 Å². The molecule has 0 amide bonds. The molecule has 0 aromatic heterocycles. The summed E-state index contributed by atoms with van der Waals surface area (Å²) in [4.78, 5) is 9.71. The Morgan fingerprint density at radius 3 is 2.40 bits per heavy atom. The number of fused-ring (bicyclic) bond motifs is 1. The summed E-state index contributed by atoms with van der Waals surface area (Å²) in [6.45, 7) is 2.29. The van der Waals surface area contributed by atoms with Gasteiger partial charge in [0.2, 0.25) is 0 Å². The second-order valence-electron chi connectivity index (χ2n) is 4.74. The average Bonchev–Trinajstić information content (AvgIpc) is 2.62. The van der Waals surface area contributed by atoms with Crippen LogP contribution >= 0.6 is 0 Å². The van der Waals surface area contributed by atoms with Gasteiger partial charge in [0, 0.05) is 5.92 Å². The fraction of sp³-hybridized carbons (Fsp3) is 0.538. The molecule has 2 nitrogen and oxygen atoms in total. The molecule has 2 aliphatic rings. The van der Waals surface area contributed by atoms with Gasteiger partial charge in [-0.25, -0.2) is 0 Å². The third-order valence-corrected chi connectivity index (χ3v) is 3.73. The van der Waals surface area contributed by atoms with Gasteiger partial charge in [0.05, 0.1) is 10.7 Å². The zero-order chi connectivity index (χ0) is 10.3. The Kier molecular flexibility index (Phi) is 1.91. The molecule has 3 rings (SSSR count). The van der Waals surface area contributed by atoms with E-state index >= 15 is 0 Å². The summed E-state index contributed by atoms with van der Waals surface area (Å²) in [6, 6.07) is 8.25. The summed E-state index contributed by atoms with van der Waals surface area (Å²) in [5.74, 6) is 0.596. The van der Waals surface area contributed by atoms with Gasteiger partial charge in [-0.15, -0.1) is 0 Å². The predicted molar refractivity (Wildman–Crippen MR) is 59.1 cm³/mol. The summed E-state index contributed by atoms with van der Waals surface area (Å²) >= 11 is 0. The summed E-state index contributed by atoms with van der Waals surface area (Å²) in [7, 11) is 0. The molecule has 0 saturated heterocycles. The monoisotopic (exact) mass is 200 g/mol. The zero-order valence-electron chi connectivity index (χ0n) is 9.11. The Labute approximate surface area is 89.8 Å². The minimum Gasteiger partial charge on any atom is -0.253 e. The minimum absolute atomic E-state index is 0.109. The molecule has 1 aromatic rings. The van der Waals surface area contributed by atoms with E-state index in [-0.39, 0.29) is 5.66 Å². The van der Waals surface area contributed by atoms with Crippen LogP contribution in [0.4, 0.5) is 0 Å². The molecule has 1 aliphatic heterocycles. The fourth-order valence-electron chi connectivity index (χ4n) is 2.74. The highest BCUT2D eigenvalue weighted by atomic mass is 15.1. The molecule has 0 N–H and O–H groups in total. The highest BCUT2D eigenvalue weighted by Gasteiger charge is 2.38. The highest BCUT2D eigenvalue weighted by molar-refractivity contribution is 5.09. The second-order valence-corrected chi connectivity index (χ2v) is 4.74. The van der Waals surface area contributed by atoms with Crippen molar-refractivity contribution in [2.45, 2.75) is 38.3 Å². The first-order chi connectivity index (χ1) is 7.30. The molecule has 1 fully saturated rings. The SMILES string of the molecule is CC1CCCCC12N=c1ccccc1=N2. The maximum absolute atomic E-state index is 4.86. The Hall–Kier alpha value is -1.18. The Morgan fingerprint density at radius 2 is 1.80 bits per heavy atom. The zero-order valence-corrected chi connectivity index (χ0v) is 9.11. The lowest BCUT2D eigenvalue weighted by Gasteiger charge is -2.34. The molecule has 1 heterocycles. The molecule has 1 atom stereocenters. The van der Waals surface area contributed by atoms with Gasteiger partial charge < -0.3 is 0 Å². The van der Waals surface area contributed by atoms with Crippen LogP contribution in [0.2, 0.25) is 0 Å². The van der Waals surface area contributed by atoms with Crippen LogP contribution in [0.1, 0.15) is 32.6 Å². The van der Waals surface area contributed by atoms with Crippen molar-refractivity contribution < 1.29 is 0 Å². The molecule has 1 aromatic carbocycles. The molecule has 1 aliphatic carbocycles. The number of nitrogens with zero attached hydrogens (tertiary/aromatic N) is 2. The van der Waals surface area contributed by atoms with Crippen molar-refractivity contribution in [3.63, 3.8) is 0 Å². The molecule has 1 unspecified atom stereocenters. The first kappa shape index (κ1) is 9.08. The van der Waals surface area contributed by atoms with Gasteiger partial charge in [-0.1, -0.05) is 25.5 Å². The third kappa shape index (κ3) is 1.31. The van der Waals surface area contributed by atoms with Crippen molar-refractivity contribution in [3.8, 4) is 0 Å². The number of hydrogen-bond acceptors (Lipinski definition) is 2. The summed E-state index contributed by atoms with van der Waals surface area (Å²) in [5.41, 5.74) is -0.109. The quantitative estimate of drug-likeness (QED) is 0.610. The lowest BCUT2D eigenvalue weighted by atomic mass is 9.81. The van der Waals surface area contributed by atoms with Crippen LogP contribution in [-0.4, -0.2) is 5.66 Å². The smallest absolute Gasteiger partial charge is 0.154 e. The number of benzene rings is 1. The van der Waals surface area contributed by atoms with E-state index in [1.54, 1.807) is 0 Å². The summed E-state index contributed by atoms with van der Waals surface area (Å²) < 4.78 is 0. The van der Waals surface area contributed by atoms with Gasteiger partial charge in [-0.05, 0) is 31.4 Å². The van der Waals surface area contributed by atoms with Gasteiger partial charge >= 0.3 is 0 Å². The number of rotatable bonds is 0. The number of para-hydroxylation sites is 2. The Bertz CT molecular complexity index is 455. The molecular formula is C13H16N2. The normalized spacial score (nSPS) is 26.9. The molecule has 1 spiro atoms. The topological polar surface area (TPSA) is 24.7 Å². The Morgan fingerprint density at radius 1 is 1.13 bits per heavy atom. The van der Waals surface area contributed by atoms with E-state index in [0.717, 1.165) is 17.1 Å². The van der Waals surface area contributed by atoms with Gasteiger partial charge in [0.25, 0.3) is 0 Å². The Balaban J connectivity index is 2.14. The molecule has 0 radical (unpaired) electrons. The van der Waals surface area contributed by atoms with E-state index in [4.69, 9.17) is 9.98 Å². The maximum atomic E-state index is 4.86. The predicted octanol–water partition coefficient (Wildman–Crippen LogP) is 1.85. The number of hydrogen-bond donors (Lipinski definition) is 0. The van der Waals surface area contributed by atoms with Crippen LogP contribution < -0.4 is 10.7 Å². The van der Waals surface area contributed by atoms with Gasteiger partial charge in [0.1, 0.15) is 0 Å². The largest absolute Gasteiger partial charge is 0.253 e. The van der Waals surface area contributed by atoms with Crippen LogP contribution in [0.15, 0.2) is 34.3 Å². The lowest BCUT2D eigenvalue weighted by Crippen LogP contribution is -2.34. The van der Waals surface area contributed by atoms with Gasteiger partial charge in [0.15, 0.2) is 5.66 Å². The molecule has 0 bridgehead atoms. The average molecular weight is 200 g/mol. The van der Waals surface area contributed by atoms with Crippen LogP contribution in [0, 0.1) is 5.92 Å². The lowest BCUT2D eigenvalue weighted by molar-refractivity contribution is 0.215. The van der Waals surface area contributed by atoms with Gasteiger partial charge in [-0.3, -0.25) is 9.98 Å². The molecule has 15 heavy (non-hydrogen) atoms. The van der Waals surface area contributed by atoms with E-state index in [9.17, 15) is 0 Å². The molecule has 1 saturated carbocycles. The van der Waals surface area contributed by atoms with Crippen LogP contribution in [0.3, 0.4) is 0 Å². The van der Waals surface area contributed by atoms with Crippen molar-refractivity contribution in [1.29, 1.82) is 0 Å². The van der Waals surface area contributed by atoms with E-state index < -0.39 is 0 Å². The van der Waals surface area contributed by atoms with E-state index in [1.165, 1.54) is 19.3 Å². The van der Waals surface area contributed by atoms with E-state index in [2.05, 4.69) is 19.1 Å². The van der Waals surface area contributed by atoms with Crippen LogP contribution in [-0.2, 0) is 0 Å². The maximum Gasteiger partial charge on any atom is 0.154 e. The molecule has 78 valence electrons. The standard InChI is InChI=1S/C13H16N2/c1-10-6-4-5-9-13(10)14-11-7-2-3-8-12(11)15-13/h2-3,7-8,10H,4-6,9H2,1H3. The second kappa shape index (κ2) is 3.16. The van der Waals surface area contributed by atoms with Crippen molar-refractivity contribution >= 4 is 0 Å². The van der Waals surface area contributed by atoms with E-state index in [0.29, 0.717) is 5.92 Å². The van der Waals surface area contributed by atoms with Crippen LogP contribution in [0.25, 0.3) is 0 Å². The van der Waals surface area contributed by atoms with Crippen LogP contribution in [0.5, 0.6) is 0 Å². The van der Waals surface area contributed by atoms with Gasteiger partial charge in [-0.2, -0.15) is 0 Å². The third-order valence-electron chi connectivity index (χ3n) is 3.73. The first-order valence-corrected chi connectivity index (χ1v) is 5.85. The van der Waals surface area contributed by atoms with Crippen molar-refractivity contribution in [3.05, 3.63) is 35.0 Å². The minimum atomic E-state index is -0.109. The van der Waals surface area contributed by atoms with Crippen molar-refractivity contribution in [2.24, 2.45) is 15.9 Å². The first-order valence-electron chi connectivity index (χ1n) is 5.85.